The molecule has 7 heteroatoms. The Balaban J connectivity index is 1.50. The smallest absolute Gasteiger partial charge is 0.209 e. The van der Waals surface area contributed by atoms with E-state index in [1.165, 1.54) is 17.7 Å². The summed E-state index contributed by atoms with van der Waals surface area (Å²) in [5, 5.41) is 18.3. The summed E-state index contributed by atoms with van der Waals surface area (Å²) in [7, 11) is 0. The van der Waals surface area contributed by atoms with Crippen molar-refractivity contribution in [3.8, 4) is 0 Å². The Morgan fingerprint density at radius 3 is 3.22 bits per heavy atom. The van der Waals surface area contributed by atoms with Gasteiger partial charge < -0.3 is 5.32 Å². The first-order chi connectivity index (χ1) is 8.92. The van der Waals surface area contributed by atoms with E-state index in [1.54, 1.807) is 23.1 Å². The molecule has 0 amide bonds. The number of hydrogen-bond donors (Lipinski definition) is 1. The molecule has 0 aliphatic heterocycles. The van der Waals surface area contributed by atoms with E-state index in [1.807, 2.05) is 4.68 Å². The predicted octanol–water partition coefficient (Wildman–Crippen LogP) is 1.78. The van der Waals surface area contributed by atoms with Crippen molar-refractivity contribution in [2.45, 2.75) is 36.3 Å². The number of nitrogens with zero attached hydrogens (tertiary/aromatic N) is 4. The normalized spacial score (nSPS) is 15.1. The van der Waals surface area contributed by atoms with Crippen molar-refractivity contribution in [3.63, 3.8) is 0 Å². The van der Waals surface area contributed by atoms with Gasteiger partial charge in [-0.05, 0) is 34.7 Å². The summed E-state index contributed by atoms with van der Waals surface area (Å²) in [4.78, 5) is 1.35. The number of aromatic nitrogens is 4. The van der Waals surface area contributed by atoms with Crippen LogP contribution in [0.3, 0.4) is 0 Å². The van der Waals surface area contributed by atoms with Crippen LogP contribution in [0.5, 0.6) is 0 Å². The largest absolute Gasteiger partial charge is 0.312 e. The Bertz CT molecular complexity index is 477. The second-order valence-electron chi connectivity index (χ2n) is 4.28. The van der Waals surface area contributed by atoms with E-state index in [0.717, 1.165) is 30.0 Å². The molecule has 1 fully saturated rings. The fraction of sp³-hybridized carbons (Fsp3) is 0.545. The molecule has 0 unspecified atom stereocenters. The molecule has 96 valence electrons. The fourth-order valence-electron chi connectivity index (χ4n) is 1.63. The van der Waals surface area contributed by atoms with Crippen LogP contribution < -0.4 is 5.32 Å². The number of rotatable bonds is 7. The van der Waals surface area contributed by atoms with Crippen LogP contribution in [-0.2, 0) is 12.3 Å². The Morgan fingerprint density at radius 1 is 1.50 bits per heavy atom. The highest BCUT2D eigenvalue weighted by Gasteiger charge is 2.20. The molecule has 0 spiro atoms. The predicted molar refractivity (Wildman–Crippen MR) is 72.7 cm³/mol. The van der Waals surface area contributed by atoms with Gasteiger partial charge in [-0.3, -0.25) is 0 Å². The van der Waals surface area contributed by atoms with E-state index in [0.29, 0.717) is 0 Å². The standard InChI is InChI=1S/C11H15N5S2/c1-2-10(17-7-1)8-18-11-13-14-15-16(11)6-5-12-9-3-4-9/h1-2,7,9,12H,3-6,8H2. The summed E-state index contributed by atoms with van der Waals surface area (Å²) in [6.07, 6.45) is 2.63. The molecule has 1 aliphatic rings. The summed E-state index contributed by atoms with van der Waals surface area (Å²) < 4.78 is 1.88. The zero-order valence-electron chi connectivity index (χ0n) is 9.95. The van der Waals surface area contributed by atoms with Gasteiger partial charge in [-0.15, -0.1) is 16.4 Å². The van der Waals surface area contributed by atoms with Crippen LogP contribution in [0.4, 0.5) is 0 Å². The van der Waals surface area contributed by atoms with Crippen molar-refractivity contribution < 1.29 is 0 Å². The van der Waals surface area contributed by atoms with Gasteiger partial charge in [0.25, 0.3) is 0 Å². The minimum absolute atomic E-state index is 0.740. The zero-order valence-corrected chi connectivity index (χ0v) is 11.6. The lowest BCUT2D eigenvalue weighted by Gasteiger charge is -2.04. The van der Waals surface area contributed by atoms with Crippen LogP contribution in [0.1, 0.15) is 17.7 Å². The Labute approximate surface area is 114 Å². The lowest BCUT2D eigenvalue weighted by molar-refractivity contribution is 0.509. The molecular formula is C11H15N5S2. The van der Waals surface area contributed by atoms with Crippen LogP contribution in [0.25, 0.3) is 0 Å². The van der Waals surface area contributed by atoms with E-state index >= 15 is 0 Å². The lowest BCUT2D eigenvalue weighted by atomic mass is 10.5. The second-order valence-corrected chi connectivity index (χ2v) is 6.26. The van der Waals surface area contributed by atoms with Gasteiger partial charge in [0.1, 0.15) is 0 Å². The molecule has 1 saturated carbocycles. The van der Waals surface area contributed by atoms with E-state index in [-0.39, 0.29) is 0 Å². The van der Waals surface area contributed by atoms with Crippen LogP contribution in [0, 0.1) is 0 Å². The molecule has 5 nitrogen and oxygen atoms in total. The van der Waals surface area contributed by atoms with Crippen molar-refractivity contribution in [1.82, 2.24) is 25.5 Å². The molecule has 0 aromatic carbocycles. The first-order valence-corrected chi connectivity index (χ1v) is 7.93. The van der Waals surface area contributed by atoms with Crippen LogP contribution in [0.2, 0.25) is 0 Å². The van der Waals surface area contributed by atoms with Crippen LogP contribution >= 0.6 is 23.1 Å². The van der Waals surface area contributed by atoms with E-state index in [4.69, 9.17) is 0 Å². The summed E-state index contributed by atoms with van der Waals surface area (Å²) in [6, 6.07) is 4.95. The average Bonchev–Trinajstić information content (AvgIpc) is 2.90. The summed E-state index contributed by atoms with van der Waals surface area (Å²) in [5.41, 5.74) is 0. The van der Waals surface area contributed by atoms with Crippen molar-refractivity contribution in [2.24, 2.45) is 0 Å². The van der Waals surface area contributed by atoms with Gasteiger partial charge in [-0.1, -0.05) is 17.8 Å². The highest BCUT2D eigenvalue weighted by molar-refractivity contribution is 7.98. The molecule has 2 heterocycles. The molecule has 2 aromatic heterocycles. The molecule has 0 atom stereocenters. The van der Waals surface area contributed by atoms with Crippen LogP contribution in [0.15, 0.2) is 22.7 Å². The lowest BCUT2D eigenvalue weighted by Crippen LogP contribution is -2.22. The number of tetrazole rings is 1. The van der Waals surface area contributed by atoms with Gasteiger partial charge >= 0.3 is 0 Å². The fourth-order valence-corrected chi connectivity index (χ4v) is 3.31. The maximum atomic E-state index is 4.07. The average molecular weight is 281 g/mol. The topological polar surface area (TPSA) is 55.6 Å². The van der Waals surface area contributed by atoms with Gasteiger partial charge in [-0.25, -0.2) is 4.68 Å². The number of hydrogen-bond acceptors (Lipinski definition) is 6. The molecule has 0 saturated heterocycles. The summed E-state index contributed by atoms with van der Waals surface area (Å²) in [6.45, 7) is 1.79. The molecular weight excluding hydrogens is 266 g/mol. The molecule has 18 heavy (non-hydrogen) atoms. The van der Waals surface area contributed by atoms with Crippen molar-refractivity contribution >= 4 is 23.1 Å². The zero-order chi connectivity index (χ0) is 12.2. The Morgan fingerprint density at radius 2 is 2.44 bits per heavy atom. The Hall–Kier alpha value is -0.920. The van der Waals surface area contributed by atoms with Gasteiger partial charge in [-0.2, -0.15) is 0 Å². The van der Waals surface area contributed by atoms with E-state index < -0.39 is 0 Å². The number of thioether (sulfide) groups is 1. The third-order valence-electron chi connectivity index (χ3n) is 2.76. The number of thiophene rings is 1. The highest BCUT2D eigenvalue weighted by Crippen LogP contribution is 2.22. The minimum Gasteiger partial charge on any atom is -0.312 e. The van der Waals surface area contributed by atoms with Gasteiger partial charge in [0.2, 0.25) is 5.16 Å². The molecule has 0 bridgehead atoms. The summed E-state index contributed by atoms with van der Waals surface area (Å²) >= 11 is 3.47. The molecule has 0 radical (unpaired) electrons. The SMILES string of the molecule is c1csc(CSc2nnnn2CCNC2CC2)c1. The summed E-state index contributed by atoms with van der Waals surface area (Å²) in [5.74, 6) is 0.939. The molecule has 1 N–H and O–H groups in total. The quantitative estimate of drug-likeness (QED) is 0.784. The molecule has 3 rings (SSSR count). The van der Waals surface area contributed by atoms with Gasteiger partial charge in [0, 0.05) is 23.2 Å². The van der Waals surface area contributed by atoms with Gasteiger partial charge in [0.15, 0.2) is 0 Å². The first-order valence-electron chi connectivity index (χ1n) is 6.06. The van der Waals surface area contributed by atoms with E-state index in [9.17, 15) is 0 Å². The number of nitrogens with one attached hydrogen (secondary N) is 1. The highest BCUT2D eigenvalue weighted by atomic mass is 32.2. The third kappa shape index (κ3) is 3.30. The molecule has 2 aromatic rings. The first kappa shape index (κ1) is 12.1. The van der Waals surface area contributed by atoms with Gasteiger partial charge in [0.05, 0.1) is 6.54 Å². The minimum atomic E-state index is 0.740. The third-order valence-corrected chi connectivity index (χ3v) is 4.82. The maximum absolute atomic E-state index is 4.07. The maximum Gasteiger partial charge on any atom is 0.209 e. The van der Waals surface area contributed by atoms with E-state index in [2.05, 4.69) is 38.4 Å². The van der Waals surface area contributed by atoms with Crippen molar-refractivity contribution in [2.75, 3.05) is 6.54 Å². The van der Waals surface area contributed by atoms with Crippen molar-refractivity contribution in [3.05, 3.63) is 22.4 Å². The van der Waals surface area contributed by atoms with Crippen LogP contribution in [-0.4, -0.2) is 32.8 Å². The van der Waals surface area contributed by atoms with Crippen molar-refractivity contribution in [1.29, 1.82) is 0 Å². The second kappa shape index (κ2) is 5.81. The molecule has 1 aliphatic carbocycles. The monoisotopic (exact) mass is 281 g/mol. The Kier molecular flexibility index (Phi) is 3.92.